The molecule has 2 rings (SSSR count). The topological polar surface area (TPSA) is 18.5 Å². The number of piperidine rings is 2. The summed E-state index contributed by atoms with van der Waals surface area (Å²) in [6.07, 6.45) is 5.49. The van der Waals surface area contributed by atoms with E-state index in [1.807, 2.05) is 0 Å². The average molecular weight is 253 g/mol. The van der Waals surface area contributed by atoms with Gasteiger partial charge < -0.3 is 15.1 Å². The van der Waals surface area contributed by atoms with E-state index >= 15 is 0 Å². The van der Waals surface area contributed by atoms with Gasteiger partial charge in [0.2, 0.25) is 0 Å². The van der Waals surface area contributed by atoms with Crippen molar-refractivity contribution in [1.29, 1.82) is 0 Å². The molecule has 0 radical (unpaired) electrons. The van der Waals surface area contributed by atoms with E-state index in [-0.39, 0.29) is 0 Å². The Morgan fingerprint density at radius 3 is 1.83 bits per heavy atom. The van der Waals surface area contributed by atoms with Crippen molar-refractivity contribution >= 4 is 0 Å². The first-order valence-electron chi connectivity index (χ1n) is 8.00. The molecule has 0 aromatic rings. The predicted octanol–water partition coefficient (Wildman–Crippen LogP) is 1.79. The Morgan fingerprint density at radius 1 is 0.833 bits per heavy atom. The third-order valence-electron chi connectivity index (χ3n) is 4.88. The van der Waals surface area contributed by atoms with Crippen LogP contribution in [0.3, 0.4) is 0 Å². The van der Waals surface area contributed by atoms with Gasteiger partial charge in [-0.3, -0.25) is 0 Å². The van der Waals surface area contributed by atoms with Gasteiger partial charge in [-0.1, -0.05) is 13.8 Å². The van der Waals surface area contributed by atoms with E-state index in [2.05, 4.69) is 29.0 Å². The van der Waals surface area contributed by atoms with Crippen LogP contribution in [0.5, 0.6) is 0 Å². The Labute approximate surface area is 113 Å². The van der Waals surface area contributed by atoms with Crippen LogP contribution >= 0.6 is 0 Å². The molecule has 106 valence electrons. The second-order valence-corrected chi connectivity index (χ2v) is 5.99. The maximum Gasteiger partial charge on any atom is 0.00915 e. The van der Waals surface area contributed by atoms with Crippen LogP contribution in [0.2, 0.25) is 0 Å². The average Bonchev–Trinajstić information content (AvgIpc) is 2.46. The number of nitrogens with zero attached hydrogens (tertiary/aromatic N) is 2. The molecule has 2 aliphatic rings. The summed E-state index contributed by atoms with van der Waals surface area (Å²) >= 11 is 0. The minimum Gasteiger partial charge on any atom is -0.314 e. The first-order valence-corrected chi connectivity index (χ1v) is 8.00. The number of rotatable bonds is 5. The molecule has 2 aliphatic heterocycles. The molecule has 2 saturated heterocycles. The molecule has 2 fully saturated rings. The molecule has 0 spiro atoms. The Morgan fingerprint density at radius 2 is 1.33 bits per heavy atom. The number of likely N-dealkylation sites (tertiary alicyclic amines) is 2. The molecule has 0 bridgehead atoms. The van der Waals surface area contributed by atoms with Crippen molar-refractivity contribution in [2.75, 3.05) is 45.8 Å². The summed E-state index contributed by atoms with van der Waals surface area (Å²) in [5.74, 6) is 0.928. The van der Waals surface area contributed by atoms with Crippen LogP contribution in [0.1, 0.15) is 39.5 Å². The van der Waals surface area contributed by atoms with Crippen LogP contribution in [0.4, 0.5) is 0 Å². The summed E-state index contributed by atoms with van der Waals surface area (Å²) in [7, 11) is 0. The van der Waals surface area contributed by atoms with Gasteiger partial charge in [0.25, 0.3) is 0 Å². The van der Waals surface area contributed by atoms with Gasteiger partial charge in [0, 0.05) is 6.04 Å². The maximum atomic E-state index is 3.82. The Kier molecular flexibility index (Phi) is 5.93. The van der Waals surface area contributed by atoms with Gasteiger partial charge in [-0.25, -0.2) is 0 Å². The fraction of sp³-hybridized carbons (Fsp3) is 1.00. The lowest BCUT2D eigenvalue weighted by Crippen LogP contribution is -2.45. The van der Waals surface area contributed by atoms with Crippen molar-refractivity contribution in [1.82, 2.24) is 15.1 Å². The lowest BCUT2D eigenvalue weighted by molar-refractivity contribution is 0.173. The quantitative estimate of drug-likeness (QED) is 0.806. The summed E-state index contributed by atoms with van der Waals surface area (Å²) < 4.78 is 0. The Hall–Kier alpha value is -0.120. The smallest absolute Gasteiger partial charge is 0.00915 e. The van der Waals surface area contributed by atoms with Gasteiger partial charge in [0.1, 0.15) is 0 Å². The molecule has 3 nitrogen and oxygen atoms in total. The summed E-state index contributed by atoms with van der Waals surface area (Å²) in [4.78, 5) is 5.15. The lowest BCUT2D eigenvalue weighted by atomic mass is 9.95. The fourth-order valence-corrected chi connectivity index (χ4v) is 3.29. The number of nitrogens with one attached hydrogen (secondary N) is 1. The molecule has 0 saturated carbocycles. The van der Waals surface area contributed by atoms with Crippen LogP contribution in [0.25, 0.3) is 0 Å². The second-order valence-electron chi connectivity index (χ2n) is 5.99. The molecule has 0 aliphatic carbocycles. The van der Waals surface area contributed by atoms with E-state index in [9.17, 15) is 0 Å². The fourth-order valence-electron chi connectivity index (χ4n) is 3.29. The summed E-state index contributed by atoms with van der Waals surface area (Å²) in [5, 5.41) is 3.82. The van der Waals surface area contributed by atoms with Crippen molar-refractivity contribution < 1.29 is 0 Å². The molecule has 3 heteroatoms. The van der Waals surface area contributed by atoms with Crippen LogP contribution in [-0.2, 0) is 0 Å². The highest BCUT2D eigenvalue weighted by atomic mass is 15.1. The second kappa shape index (κ2) is 7.46. The monoisotopic (exact) mass is 253 g/mol. The van der Waals surface area contributed by atoms with Crippen molar-refractivity contribution in [2.45, 2.75) is 45.6 Å². The molecule has 0 atom stereocenters. The molecule has 2 heterocycles. The van der Waals surface area contributed by atoms with Crippen LogP contribution in [-0.4, -0.2) is 61.7 Å². The number of hydrogen-bond donors (Lipinski definition) is 1. The zero-order chi connectivity index (χ0) is 12.8. The maximum absolute atomic E-state index is 3.82. The van der Waals surface area contributed by atoms with E-state index < -0.39 is 0 Å². The third-order valence-corrected chi connectivity index (χ3v) is 4.88. The minimum absolute atomic E-state index is 0.789. The van der Waals surface area contributed by atoms with E-state index in [1.165, 1.54) is 71.5 Å². The zero-order valence-corrected chi connectivity index (χ0v) is 12.3. The molecular formula is C15H31N3. The Balaban J connectivity index is 1.58. The van der Waals surface area contributed by atoms with E-state index in [4.69, 9.17) is 0 Å². The molecular weight excluding hydrogens is 222 g/mol. The standard InChI is InChI=1S/C15H31N3/c1-3-17-9-5-14(6-10-17)13-16-15-7-11-18(4-2)12-8-15/h14-16H,3-13H2,1-2H3. The first kappa shape index (κ1) is 14.3. The minimum atomic E-state index is 0.789. The largest absolute Gasteiger partial charge is 0.314 e. The Bertz CT molecular complexity index is 192. The molecule has 0 unspecified atom stereocenters. The molecule has 1 N–H and O–H groups in total. The first-order chi connectivity index (χ1) is 8.81. The van der Waals surface area contributed by atoms with E-state index in [0.717, 1.165) is 12.0 Å². The SMILES string of the molecule is CCN1CCC(CNC2CCN(CC)CC2)CC1. The van der Waals surface area contributed by atoms with Gasteiger partial charge >= 0.3 is 0 Å². The van der Waals surface area contributed by atoms with Crippen LogP contribution in [0, 0.1) is 5.92 Å². The normalized spacial score (nSPS) is 25.7. The van der Waals surface area contributed by atoms with Gasteiger partial charge in [-0.05, 0) is 77.4 Å². The van der Waals surface area contributed by atoms with Gasteiger partial charge in [-0.2, -0.15) is 0 Å². The van der Waals surface area contributed by atoms with Crippen LogP contribution in [0.15, 0.2) is 0 Å². The number of hydrogen-bond acceptors (Lipinski definition) is 3. The highest BCUT2D eigenvalue weighted by Gasteiger charge is 2.21. The van der Waals surface area contributed by atoms with Crippen molar-refractivity contribution in [3.05, 3.63) is 0 Å². The van der Waals surface area contributed by atoms with Gasteiger partial charge in [-0.15, -0.1) is 0 Å². The van der Waals surface area contributed by atoms with Gasteiger partial charge in [0.15, 0.2) is 0 Å². The van der Waals surface area contributed by atoms with Crippen molar-refractivity contribution in [3.63, 3.8) is 0 Å². The highest BCUT2D eigenvalue weighted by Crippen LogP contribution is 2.17. The lowest BCUT2D eigenvalue weighted by Gasteiger charge is -2.34. The summed E-state index contributed by atoms with van der Waals surface area (Å²) in [6, 6.07) is 0.789. The third kappa shape index (κ3) is 4.22. The zero-order valence-electron chi connectivity index (χ0n) is 12.3. The van der Waals surface area contributed by atoms with Gasteiger partial charge in [0.05, 0.1) is 0 Å². The summed E-state index contributed by atoms with van der Waals surface area (Å²) in [5.41, 5.74) is 0. The van der Waals surface area contributed by atoms with Crippen molar-refractivity contribution in [3.8, 4) is 0 Å². The molecule has 18 heavy (non-hydrogen) atoms. The van der Waals surface area contributed by atoms with Crippen molar-refractivity contribution in [2.24, 2.45) is 5.92 Å². The van der Waals surface area contributed by atoms with E-state index in [0.29, 0.717) is 0 Å². The van der Waals surface area contributed by atoms with E-state index in [1.54, 1.807) is 0 Å². The van der Waals surface area contributed by atoms with Crippen LogP contribution < -0.4 is 5.32 Å². The predicted molar refractivity (Wildman–Crippen MR) is 78.0 cm³/mol. The summed E-state index contributed by atoms with van der Waals surface area (Å²) in [6.45, 7) is 13.5. The molecule has 0 aromatic carbocycles. The molecule has 0 aromatic heterocycles. The molecule has 0 amide bonds. The highest BCUT2D eigenvalue weighted by molar-refractivity contribution is 4.79.